The van der Waals surface area contributed by atoms with Gasteiger partial charge in [0.25, 0.3) is 0 Å². The molecule has 3 fully saturated rings. The minimum atomic E-state index is -0.950. The van der Waals surface area contributed by atoms with Gasteiger partial charge in [0.15, 0.2) is 0 Å². The highest BCUT2D eigenvalue weighted by molar-refractivity contribution is 5.43. The lowest BCUT2D eigenvalue weighted by Gasteiger charge is -2.59. The van der Waals surface area contributed by atoms with Gasteiger partial charge in [0.05, 0.1) is 6.10 Å². The fourth-order valence-corrected chi connectivity index (χ4v) is 8.09. The van der Waals surface area contributed by atoms with E-state index in [9.17, 15) is 10.2 Å². The van der Waals surface area contributed by atoms with E-state index in [2.05, 4.69) is 32.2 Å². The Morgan fingerprint density at radius 3 is 2.74 bits per heavy atom. The van der Waals surface area contributed by atoms with E-state index in [1.807, 2.05) is 24.3 Å². The minimum absolute atomic E-state index is 0.0578. The van der Waals surface area contributed by atoms with Crippen molar-refractivity contribution in [3.8, 4) is 0 Å². The van der Waals surface area contributed by atoms with Gasteiger partial charge in [-0.3, -0.25) is 0 Å². The van der Waals surface area contributed by atoms with Crippen LogP contribution >= 0.6 is 0 Å². The molecule has 0 aromatic rings. The molecule has 0 radical (unpaired) electrons. The summed E-state index contributed by atoms with van der Waals surface area (Å²) in [5.41, 5.74) is 4.41. The summed E-state index contributed by atoms with van der Waals surface area (Å²) in [7, 11) is 0. The van der Waals surface area contributed by atoms with Crippen LogP contribution < -0.4 is 5.32 Å². The SMILES string of the molecule is CC1=C(NC2=CC(C)(O)C=CC=C2)C=C2CCC3C4CCC[C@@]4(C)CC(O)C3[C@@]2(C)C1. The lowest BCUT2D eigenvalue weighted by atomic mass is 9.46. The van der Waals surface area contributed by atoms with E-state index in [4.69, 9.17) is 0 Å². The van der Waals surface area contributed by atoms with Crippen LogP contribution in [0.25, 0.3) is 0 Å². The lowest BCUT2D eigenvalue weighted by Crippen LogP contribution is -2.55. The molecule has 168 valence electrons. The van der Waals surface area contributed by atoms with E-state index >= 15 is 0 Å². The van der Waals surface area contributed by atoms with Crippen LogP contribution in [0.15, 0.2) is 59.0 Å². The topological polar surface area (TPSA) is 52.5 Å². The average Bonchev–Trinajstić information content (AvgIpc) is 2.97. The summed E-state index contributed by atoms with van der Waals surface area (Å²) in [6.45, 7) is 8.91. The Kier molecular flexibility index (Phi) is 4.95. The van der Waals surface area contributed by atoms with Crippen molar-refractivity contribution in [1.82, 2.24) is 5.32 Å². The highest BCUT2D eigenvalue weighted by Crippen LogP contribution is 2.65. The van der Waals surface area contributed by atoms with Crippen LogP contribution in [0.3, 0.4) is 0 Å². The molecule has 0 heterocycles. The normalized spacial score (nSPS) is 46.5. The van der Waals surface area contributed by atoms with Crippen LogP contribution in [0.2, 0.25) is 0 Å². The van der Waals surface area contributed by atoms with E-state index in [1.54, 1.807) is 13.0 Å². The first-order valence-electron chi connectivity index (χ1n) is 12.3. The summed E-state index contributed by atoms with van der Waals surface area (Å²) >= 11 is 0. The van der Waals surface area contributed by atoms with Crippen LogP contribution in [-0.2, 0) is 0 Å². The van der Waals surface area contributed by atoms with Gasteiger partial charge in [-0.2, -0.15) is 0 Å². The summed E-state index contributed by atoms with van der Waals surface area (Å²) in [4.78, 5) is 0. The molecule has 0 aromatic carbocycles. The monoisotopic (exact) mass is 421 g/mol. The second-order valence-electron chi connectivity index (χ2n) is 11.8. The van der Waals surface area contributed by atoms with Crippen molar-refractivity contribution < 1.29 is 10.2 Å². The molecule has 0 saturated heterocycles. The second kappa shape index (κ2) is 7.22. The molecular formula is C28H39NO2. The maximum absolute atomic E-state index is 11.4. The predicted octanol–water partition coefficient (Wildman–Crippen LogP) is 5.54. The number of hydrogen-bond donors (Lipinski definition) is 3. The lowest BCUT2D eigenvalue weighted by molar-refractivity contribution is -0.114. The Morgan fingerprint density at radius 2 is 1.94 bits per heavy atom. The molecule has 0 spiro atoms. The summed E-state index contributed by atoms with van der Waals surface area (Å²) in [6, 6.07) is 0. The van der Waals surface area contributed by atoms with Crippen molar-refractivity contribution in [1.29, 1.82) is 0 Å². The number of aliphatic hydroxyl groups is 2. The zero-order valence-electron chi connectivity index (χ0n) is 19.6. The number of hydrogen-bond acceptors (Lipinski definition) is 3. The highest BCUT2D eigenvalue weighted by atomic mass is 16.3. The van der Waals surface area contributed by atoms with E-state index in [1.165, 1.54) is 36.8 Å². The molecule has 0 aromatic heterocycles. The first kappa shape index (κ1) is 21.3. The largest absolute Gasteiger partial charge is 0.393 e. The number of allylic oxidation sites excluding steroid dienone is 6. The van der Waals surface area contributed by atoms with Crippen LogP contribution in [0.5, 0.6) is 0 Å². The smallest absolute Gasteiger partial charge is 0.101 e. The van der Waals surface area contributed by atoms with Crippen molar-refractivity contribution in [3.05, 3.63) is 59.0 Å². The molecule has 5 aliphatic carbocycles. The van der Waals surface area contributed by atoms with Gasteiger partial charge in [-0.15, -0.1) is 0 Å². The van der Waals surface area contributed by atoms with Gasteiger partial charge in [0, 0.05) is 11.4 Å². The molecule has 0 amide bonds. The molecule has 3 heteroatoms. The van der Waals surface area contributed by atoms with E-state index in [0.29, 0.717) is 17.3 Å². The number of rotatable bonds is 2. The zero-order chi connectivity index (χ0) is 22.0. The first-order chi connectivity index (χ1) is 14.6. The molecule has 5 unspecified atom stereocenters. The maximum Gasteiger partial charge on any atom is 0.101 e. The third-order valence-electron chi connectivity index (χ3n) is 9.40. The quantitative estimate of drug-likeness (QED) is 0.548. The minimum Gasteiger partial charge on any atom is -0.393 e. The fourth-order valence-electron chi connectivity index (χ4n) is 8.09. The molecule has 31 heavy (non-hydrogen) atoms. The average molecular weight is 422 g/mol. The first-order valence-corrected chi connectivity index (χ1v) is 12.3. The van der Waals surface area contributed by atoms with Crippen molar-refractivity contribution in [2.24, 2.45) is 28.6 Å². The summed E-state index contributed by atoms with van der Waals surface area (Å²) in [5.74, 6) is 1.83. The number of fused-ring (bicyclic) bond motifs is 5. The number of nitrogens with one attached hydrogen (secondary N) is 1. The molecule has 0 aliphatic heterocycles. The Bertz CT molecular complexity index is 919. The van der Waals surface area contributed by atoms with E-state index < -0.39 is 5.60 Å². The Hall–Kier alpha value is -1.58. The Morgan fingerprint density at radius 1 is 1.13 bits per heavy atom. The summed E-state index contributed by atoms with van der Waals surface area (Å²) in [6.07, 6.45) is 20.1. The van der Waals surface area contributed by atoms with E-state index in [-0.39, 0.29) is 11.5 Å². The Balaban J connectivity index is 1.43. The summed E-state index contributed by atoms with van der Waals surface area (Å²) in [5, 5.41) is 25.5. The number of aliphatic hydroxyl groups excluding tert-OH is 1. The molecular weight excluding hydrogens is 382 g/mol. The maximum atomic E-state index is 11.4. The third-order valence-corrected chi connectivity index (χ3v) is 9.40. The molecule has 0 bridgehead atoms. The molecule has 5 rings (SSSR count). The van der Waals surface area contributed by atoms with Crippen molar-refractivity contribution in [2.45, 2.75) is 84.3 Å². The van der Waals surface area contributed by atoms with Gasteiger partial charge in [-0.05, 0) is 111 Å². The Labute approximate surface area is 187 Å². The molecule has 3 saturated carbocycles. The van der Waals surface area contributed by atoms with Crippen molar-refractivity contribution >= 4 is 0 Å². The van der Waals surface area contributed by atoms with Gasteiger partial charge in [0.1, 0.15) is 5.60 Å². The van der Waals surface area contributed by atoms with Crippen LogP contribution in [0.1, 0.15) is 72.6 Å². The molecule has 3 nitrogen and oxygen atoms in total. The van der Waals surface area contributed by atoms with Crippen molar-refractivity contribution in [2.75, 3.05) is 0 Å². The van der Waals surface area contributed by atoms with Gasteiger partial charge in [0.2, 0.25) is 0 Å². The molecule has 7 atom stereocenters. The third kappa shape index (κ3) is 3.49. The van der Waals surface area contributed by atoms with Crippen LogP contribution in [-0.4, -0.2) is 21.9 Å². The van der Waals surface area contributed by atoms with Gasteiger partial charge in [-0.1, -0.05) is 38.0 Å². The van der Waals surface area contributed by atoms with Gasteiger partial charge in [-0.25, -0.2) is 0 Å². The van der Waals surface area contributed by atoms with Crippen LogP contribution in [0, 0.1) is 28.6 Å². The fraction of sp³-hybridized carbons (Fsp3) is 0.643. The predicted molar refractivity (Wildman–Crippen MR) is 126 cm³/mol. The zero-order valence-corrected chi connectivity index (χ0v) is 19.6. The highest BCUT2D eigenvalue weighted by Gasteiger charge is 2.59. The van der Waals surface area contributed by atoms with Crippen molar-refractivity contribution in [3.63, 3.8) is 0 Å². The molecule has 5 aliphatic rings. The van der Waals surface area contributed by atoms with Crippen LogP contribution in [0.4, 0.5) is 0 Å². The van der Waals surface area contributed by atoms with Gasteiger partial charge < -0.3 is 15.5 Å². The molecule has 3 N–H and O–H groups in total. The van der Waals surface area contributed by atoms with E-state index in [0.717, 1.165) is 36.6 Å². The van der Waals surface area contributed by atoms with Gasteiger partial charge >= 0.3 is 0 Å². The second-order valence-corrected chi connectivity index (χ2v) is 11.8. The summed E-state index contributed by atoms with van der Waals surface area (Å²) < 4.78 is 0. The standard InChI is InChI=1S/C28H39NO2/c1-18-15-28(4)19(14-23(18)29-20-8-5-6-13-27(3,31)16-20)10-11-21-22-9-7-12-26(22,2)17-24(30)25(21)28/h5-6,8,13-14,16,21-22,24-25,29-31H,7,9-12,15,17H2,1-4H3/t21?,22?,24?,25?,26-,27?,28-/m0/s1.